The topological polar surface area (TPSA) is 84.7 Å². The molecule has 0 aromatic carbocycles. The number of nitrogens with zero attached hydrogens (tertiary/aromatic N) is 3. The Bertz CT molecular complexity index is 508. The van der Waals surface area contributed by atoms with E-state index >= 15 is 0 Å². The van der Waals surface area contributed by atoms with Crippen LogP contribution in [0.5, 0.6) is 5.75 Å². The van der Waals surface area contributed by atoms with Crippen molar-refractivity contribution in [2.24, 2.45) is 7.05 Å². The zero-order valence-electron chi connectivity index (χ0n) is 12.5. The second-order valence-corrected chi connectivity index (χ2v) is 4.92. The number of carboxylic acid groups (broad SMARTS) is 1. The number of carboxylic acids is 1. The summed E-state index contributed by atoms with van der Waals surface area (Å²) in [5.41, 5.74) is 1.52. The van der Waals surface area contributed by atoms with Crippen molar-refractivity contribution in [3.8, 4) is 5.75 Å². The lowest BCUT2D eigenvalue weighted by atomic mass is 10.3. The van der Waals surface area contributed by atoms with Crippen molar-refractivity contribution in [1.29, 1.82) is 0 Å². The summed E-state index contributed by atoms with van der Waals surface area (Å²) in [6.45, 7) is 6.65. The van der Waals surface area contributed by atoms with Gasteiger partial charge in [0, 0.05) is 13.1 Å². The van der Waals surface area contributed by atoms with Gasteiger partial charge < -0.3 is 14.7 Å². The van der Waals surface area contributed by atoms with Gasteiger partial charge in [0.2, 0.25) is 0 Å². The SMILES string of the molecule is Cc1nn(C)c(C)c1OCC(=O)N(CC(=O)O)C(C)C. The van der Waals surface area contributed by atoms with Crippen molar-refractivity contribution in [2.75, 3.05) is 13.2 Å². The van der Waals surface area contributed by atoms with Crippen LogP contribution in [0.15, 0.2) is 0 Å². The zero-order chi connectivity index (χ0) is 15.4. The molecule has 0 fully saturated rings. The predicted octanol–water partition coefficient (Wildman–Crippen LogP) is 0.737. The summed E-state index contributed by atoms with van der Waals surface area (Å²) in [4.78, 5) is 24.1. The van der Waals surface area contributed by atoms with E-state index in [4.69, 9.17) is 9.84 Å². The zero-order valence-corrected chi connectivity index (χ0v) is 12.5. The average molecular weight is 283 g/mol. The summed E-state index contributed by atoms with van der Waals surface area (Å²) in [5.74, 6) is -0.828. The predicted molar refractivity (Wildman–Crippen MR) is 72.7 cm³/mol. The second kappa shape index (κ2) is 6.40. The second-order valence-electron chi connectivity index (χ2n) is 4.92. The maximum absolute atomic E-state index is 12.0. The van der Waals surface area contributed by atoms with Crippen molar-refractivity contribution < 1.29 is 19.4 Å². The fourth-order valence-corrected chi connectivity index (χ4v) is 1.88. The minimum atomic E-state index is -1.04. The molecular formula is C13H21N3O4. The van der Waals surface area contributed by atoms with Gasteiger partial charge in [-0.25, -0.2) is 0 Å². The third-order valence-electron chi connectivity index (χ3n) is 3.03. The van der Waals surface area contributed by atoms with Crippen LogP contribution in [0, 0.1) is 13.8 Å². The molecule has 0 atom stereocenters. The number of aliphatic carboxylic acids is 1. The maximum atomic E-state index is 12.0. The Morgan fingerprint density at radius 1 is 1.40 bits per heavy atom. The lowest BCUT2D eigenvalue weighted by Gasteiger charge is -2.24. The lowest BCUT2D eigenvalue weighted by Crippen LogP contribution is -2.43. The fraction of sp³-hybridized carbons (Fsp3) is 0.615. The van der Waals surface area contributed by atoms with E-state index in [0.717, 1.165) is 5.69 Å². The van der Waals surface area contributed by atoms with E-state index in [2.05, 4.69) is 5.10 Å². The standard InChI is InChI=1S/C13H21N3O4/c1-8(2)16(6-12(18)19)11(17)7-20-13-9(3)14-15(5)10(13)4/h8H,6-7H2,1-5H3,(H,18,19). The van der Waals surface area contributed by atoms with Crippen molar-refractivity contribution in [3.63, 3.8) is 0 Å². The highest BCUT2D eigenvalue weighted by Crippen LogP contribution is 2.21. The van der Waals surface area contributed by atoms with Crippen LogP contribution >= 0.6 is 0 Å². The van der Waals surface area contributed by atoms with Crippen molar-refractivity contribution in [1.82, 2.24) is 14.7 Å². The van der Waals surface area contributed by atoms with Crippen LogP contribution in [0.4, 0.5) is 0 Å². The minimum Gasteiger partial charge on any atom is -0.480 e. The molecule has 0 saturated carbocycles. The Labute approximate surface area is 118 Å². The molecule has 7 nitrogen and oxygen atoms in total. The number of carbonyl (C=O) groups excluding carboxylic acids is 1. The molecule has 0 bridgehead atoms. The van der Waals surface area contributed by atoms with Gasteiger partial charge in [-0.15, -0.1) is 0 Å². The van der Waals surface area contributed by atoms with E-state index in [0.29, 0.717) is 11.4 Å². The van der Waals surface area contributed by atoms with Gasteiger partial charge in [-0.05, 0) is 27.7 Å². The third-order valence-corrected chi connectivity index (χ3v) is 3.03. The molecule has 1 aromatic heterocycles. The number of hydrogen-bond donors (Lipinski definition) is 1. The monoisotopic (exact) mass is 283 g/mol. The Kier molecular flexibility index (Phi) is 5.12. The third kappa shape index (κ3) is 3.72. The first kappa shape index (κ1) is 16.0. The highest BCUT2D eigenvalue weighted by molar-refractivity contribution is 5.82. The molecule has 20 heavy (non-hydrogen) atoms. The molecule has 0 aliphatic heterocycles. The molecular weight excluding hydrogens is 262 g/mol. The van der Waals surface area contributed by atoms with Crippen LogP contribution in [0.2, 0.25) is 0 Å². The number of rotatable bonds is 6. The molecule has 0 saturated heterocycles. The van der Waals surface area contributed by atoms with E-state index in [-0.39, 0.29) is 25.1 Å². The molecule has 0 aliphatic carbocycles. The number of aryl methyl sites for hydroxylation is 2. The number of amides is 1. The van der Waals surface area contributed by atoms with Crippen LogP contribution in [0.3, 0.4) is 0 Å². The van der Waals surface area contributed by atoms with E-state index < -0.39 is 5.97 Å². The number of carbonyl (C=O) groups is 2. The van der Waals surface area contributed by atoms with E-state index in [1.54, 1.807) is 32.5 Å². The van der Waals surface area contributed by atoms with Gasteiger partial charge in [-0.1, -0.05) is 0 Å². The molecule has 1 aromatic rings. The summed E-state index contributed by atoms with van der Waals surface area (Å²) in [7, 11) is 1.79. The normalized spacial score (nSPS) is 10.7. The molecule has 0 unspecified atom stereocenters. The fourth-order valence-electron chi connectivity index (χ4n) is 1.88. The Balaban J connectivity index is 2.72. The van der Waals surface area contributed by atoms with Gasteiger partial charge in [0.05, 0.1) is 5.69 Å². The molecule has 1 N–H and O–H groups in total. The Morgan fingerprint density at radius 2 is 2.00 bits per heavy atom. The molecule has 1 heterocycles. The van der Waals surface area contributed by atoms with E-state index in [1.807, 2.05) is 6.92 Å². The van der Waals surface area contributed by atoms with Crippen molar-refractivity contribution in [2.45, 2.75) is 33.7 Å². The Hall–Kier alpha value is -2.05. The molecule has 0 radical (unpaired) electrons. The summed E-state index contributed by atoms with van der Waals surface area (Å²) in [6, 6.07) is -0.196. The van der Waals surface area contributed by atoms with Gasteiger partial charge in [-0.3, -0.25) is 14.3 Å². The summed E-state index contributed by atoms with van der Waals surface area (Å²) in [5, 5.41) is 13.0. The van der Waals surface area contributed by atoms with Crippen LogP contribution < -0.4 is 4.74 Å². The smallest absolute Gasteiger partial charge is 0.323 e. The average Bonchev–Trinajstić information content (AvgIpc) is 2.57. The maximum Gasteiger partial charge on any atom is 0.323 e. The van der Waals surface area contributed by atoms with Gasteiger partial charge in [0.15, 0.2) is 12.4 Å². The van der Waals surface area contributed by atoms with Crippen LogP contribution in [-0.4, -0.2) is 50.9 Å². The minimum absolute atomic E-state index is 0.196. The quantitative estimate of drug-likeness (QED) is 0.832. The largest absolute Gasteiger partial charge is 0.480 e. The van der Waals surface area contributed by atoms with Crippen molar-refractivity contribution in [3.05, 3.63) is 11.4 Å². The molecule has 0 aliphatic rings. The summed E-state index contributed by atoms with van der Waals surface area (Å²) in [6.07, 6.45) is 0. The van der Waals surface area contributed by atoms with Crippen LogP contribution in [0.1, 0.15) is 25.2 Å². The number of aromatic nitrogens is 2. The first-order valence-corrected chi connectivity index (χ1v) is 6.38. The lowest BCUT2D eigenvalue weighted by molar-refractivity contribution is -0.146. The van der Waals surface area contributed by atoms with E-state index in [1.165, 1.54) is 4.90 Å². The highest BCUT2D eigenvalue weighted by Gasteiger charge is 2.21. The molecule has 1 amide bonds. The van der Waals surface area contributed by atoms with Gasteiger partial charge in [0.25, 0.3) is 5.91 Å². The molecule has 1 rings (SSSR count). The summed E-state index contributed by atoms with van der Waals surface area (Å²) < 4.78 is 7.17. The molecule has 0 spiro atoms. The first-order valence-electron chi connectivity index (χ1n) is 6.38. The first-order chi connectivity index (χ1) is 9.23. The molecule has 112 valence electrons. The summed E-state index contributed by atoms with van der Waals surface area (Å²) >= 11 is 0. The number of ether oxygens (including phenoxy) is 1. The number of hydrogen-bond acceptors (Lipinski definition) is 4. The van der Waals surface area contributed by atoms with Crippen molar-refractivity contribution >= 4 is 11.9 Å². The van der Waals surface area contributed by atoms with Gasteiger partial charge in [-0.2, -0.15) is 5.10 Å². The van der Waals surface area contributed by atoms with Crippen LogP contribution in [0.25, 0.3) is 0 Å². The van der Waals surface area contributed by atoms with Gasteiger partial charge >= 0.3 is 5.97 Å². The van der Waals surface area contributed by atoms with Gasteiger partial charge in [0.1, 0.15) is 12.2 Å². The van der Waals surface area contributed by atoms with Crippen LogP contribution in [-0.2, 0) is 16.6 Å². The van der Waals surface area contributed by atoms with E-state index in [9.17, 15) is 9.59 Å². The Morgan fingerprint density at radius 3 is 2.40 bits per heavy atom. The molecule has 7 heteroatoms. The highest BCUT2D eigenvalue weighted by atomic mass is 16.5.